The van der Waals surface area contributed by atoms with Crippen molar-refractivity contribution in [3.63, 3.8) is 0 Å². The van der Waals surface area contributed by atoms with Crippen LogP contribution in [0.5, 0.6) is 5.75 Å². The van der Waals surface area contributed by atoms with E-state index in [1.807, 2.05) is 18.2 Å². The number of unbranched alkanes of at least 4 members (excludes halogenated alkanes) is 4. The largest absolute Gasteiger partial charge is 0.490 e. The third kappa shape index (κ3) is 9.77. The van der Waals surface area contributed by atoms with Gasteiger partial charge in [0.05, 0.1) is 18.8 Å². The van der Waals surface area contributed by atoms with Crippen LogP contribution in [0.15, 0.2) is 24.3 Å². The first-order chi connectivity index (χ1) is 13.9. The number of carbonyl (C=O) groups is 1. The number of nitrogens with one attached hydrogen (secondary N) is 1. The predicted octanol–water partition coefficient (Wildman–Crippen LogP) is 4.64. The van der Waals surface area contributed by atoms with Crippen molar-refractivity contribution in [1.82, 2.24) is 5.32 Å². The number of amides is 1. The lowest BCUT2D eigenvalue weighted by Crippen LogP contribution is -2.31. The van der Waals surface area contributed by atoms with Gasteiger partial charge in [-0.05, 0) is 49.8 Å². The van der Waals surface area contributed by atoms with E-state index in [1.54, 1.807) is 6.07 Å². The SMILES string of the molecule is CCCCCCCC(=O)NC(COP(=O)(O)O)c1cccc(OC2CCCC2)c1. The first kappa shape index (κ1) is 23.9. The van der Waals surface area contributed by atoms with Crippen LogP contribution in [0, 0.1) is 0 Å². The first-order valence-electron chi connectivity index (χ1n) is 10.6. The molecule has 0 saturated heterocycles. The van der Waals surface area contributed by atoms with E-state index in [0.717, 1.165) is 57.8 Å². The van der Waals surface area contributed by atoms with Gasteiger partial charge in [0.2, 0.25) is 5.91 Å². The van der Waals surface area contributed by atoms with Crippen molar-refractivity contribution in [1.29, 1.82) is 0 Å². The topological polar surface area (TPSA) is 105 Å². The number of ether oxygens (including phenoxy) is 1. The van der Waals surface area contributed by atoms with E-state index in [-0.39, 0.29) is 18.6 Å². The molecule has 1 aliphatic carbocycles. The van der Waals surface area contributed by atoms with Crippen LogP contribution >= 0.6 is 7.82 Å². The standard InChI is InChI=1S/C21H34NO6P/c1-2-3-4-5-6-14-21(23)22-20(16-27-29(24,25)26)17-10-9-13-19(15-17)28-18-11-7-8-12-18/h9-10,13,15,18,20H,2-8,11-12,14,16H2,1H3,(H,22,23)(H2,24,25,26). The Hall–Kier alpha value is -1.40. The summed E-state index contributed by atoms with van der Waals surface area (Å²) in [6.07, 6.45) is 10.2. The van der Waals surface area contributed by atoms with Crippen molar-refractivity contribution < 1.29 is 28.4 Å². The van der Waals surface area contributed by atoms with Gasteiger partial charge in [0, 0.05) is 6.42 Å². The minimum atomic E-state index is -4.64. The van der Waals surface area contributed by atoms with Crippen LogP contribution in [0.2, 0.25) is 0 Å². The molecule has 8 heteroatoms. The van der Waals surface area contributed by atoms with Crippen LogP contribution < -0.4 is 10.1 Å². The fraction of sp³-hybridized carbons (Fsp3) is 0.667. The number of hydrogen-bond donors (Lipinski definition) is 3. The first-order valence-corrected chi connectivity index (χ1v) is 12.2. The highest BCUT2D eigenvalue weighted by Gasteiger charge is 2.22. The molecule has 1 unspecified atom stereocenters. The highest BCUT2D eigenvalue weighted by Crippen LogP contribution is 2.37. The molecule has 0 spiro atoms. The third-order valence-electron chi connectivity index (χ3n) is 5.12. The van der Waals surface area contributed by atoms with Gasteiger partial charge >= 0.3 is 7.82 Å². The molecule has 0 bridgehead atoms. The Morgan fingerprint density at radius 3 is 2.62 bits per heavy atom. The molecule has 0 heterocycles. The summed E-state index contributed by atoms with van der Waals surface area (Å²) in [6.45, 7) is 1.83. The summed E-state index contributed by atoms with van der Waals surface area (Å²) in [6, 6.07) is 6.64. The number of rotatable bonds is 13. The lowest BCUT2D eigenvalue weighted by atomic mass is 10.1. The summed E-state index contributed by atoms with van der Waals surface area (Å²) in [5, 5.41) is 2.85. The second-order valence-electron chi connectivity index (χ2n) is 7.67. The second kappa shape index (κ2) is 12.3. The number of carbonyl (C=O) groups excluding carboxylic acids is 1. The molecule has 3 N–H and O–H groups in total. The average Bonchev–Trinajstić information content (AvgIpc) is 3.17. The molecule has 1 aromatic carbocycles. The molecule has 1 aromatic rings. The Bertz CT molecular complexity index is 671. The fourth-order valence-electron chi connectivity index (χ4n) is 3.55. The molecule has 164 valence electrons. The number of benzene rings is 1. The molecule has 1 saturated carbocycles. The maximum absolute atomic E-state index is 12.4. The number of hydrogen-bond acceptors (Lipinski definition) is 4. The molecule has 7 nitrogen and oxygen atoms in total. The van der Waals surface area contributed by atoms with Gasteiger partial charge in [0.15, 0.2) is 0 Å². The van der Waals surface area contributed by atoms with Crippen molar-refractivity contribution in [2.75, 3.05) is 6.61 Å². The summed E-state index contributed by atoms with van der Waals surface area (Å²) >= 11 is 0. The van der Waals surface area contributed by atoms with Gasteiger partial charge in [-0.25, -0.2) is 4.57 Å². The number of phosphoric acid groups is 1. The molecular weight excluding hydrogens is 393 g/mol. The van der Waals surface area contributed by atoms with Crippen LogP contribution in [0.1, 0.15) is 82.7 Å². The zero-order valence-corrected chi connectivity index (χ0v) is 18.1. The van der Waals surface area contributed by atoms with Gasteiger partial charge in [-0.1, -0.05) is 44.7 Å². The summed E-state index contributed by atoms with van der Waals surface area (Å²) in [5.74, 6) is 0.548. The fourth-order valence-corrected chi connectivity index (χ4v) is 3.89. The smallest absolute Gasteiger partial charge is 0.469 e. The van der Waals surface area contributed by atoms with Crippen LogP contribution in [0.3, 0.4) is 0 Å². The van der Waals surface area contributed by atoms with E-state index < -0.39 is 13.9 Å². The molecular formula is C21H34NO6P. The van der Waals surface area contributed by atoms with E-state index in [9.17, 15) is 9.36 Å². The molecule has 1 aliphatic rings. The van der Waals surface area contributed by atoms with Crippen LogP contribution in [-0.2, 0) is 13.9 Å². The molecule has 0 radical (unpaired) electrons. The van der Waals surface area contributed by atoms with Gasteiger partial charge < -0.3 is 19.8 Å². The summed E-state index contributed by atoms with van der Waals surface area (Å²) in [4.78, 5) is 30.5. The Labute approximate surface area is 173 Å². The molecule has 29 heavy (non-hydrogen) atoms. The lowest BCUT2D eigenvalue weighted by Gasteiger charge is -2.21. The van der Waals surface area contributed by atoms with Crippen molar-refractivity contribution in [3.05, 3.63) is 29.8 Å². The zero-order chi connectivity index (χ0) is 21.1. The quantitative estimate of drug-likeness (QED) is 0.313. The molecule has 1 atom stereocenters. The minimum absolute atomic E-state index is 0.150. The van der Waals surface area contributed by atoms with Crippen LogP contribution in [0.25, 0.3) is 0 Å². The molecule has 1 amide bonds. The summed E-state index contributed by atoms with van der Waals surface area (Å²) < 4.78 is 21.9. The Balaban J connectivity index is 1.98. The van der Waals surface area contributed by atoms with Gasteiger partial charge in [0.25, 0.3) is 0 Å². The van der Waals surface area contributed by atoms with Crippen LogP contribution in [0.4, 0.5) is 0 Å². The van der Waals surface area contributed by atoms with Gasteiger partial charge in [-0.2, -0.15) is 0 Å². The van der Waals surface area contributed by atoms with Crippen molar-refractivity contribution in [3.8, 4) is 5.75 Å². The maximum atomic E-state index is 12.4. The van der Waals surface area contributed by atoms with E-state index in [1.165, 1.54) is 0 Å². The molecule has 2 rings (SSSR count). The predicted molar refractivity (Wildman–Crippen MR) is 112 cm³/mol. The van der Waals surface area contributed by atoms with E-state index >= 15 is 0 Å². The molecule has 1 fully saturated rings. The Kier molecular flexibility index (Phi) is 10.2. The van der Waals surface area contributed by atoms with Crippen molar-refractivity contribution in [2.24, 2.45) is 0 Å². The molecule has 0 aliphatic heterocycles. The van der Waals surface area contributed by atoms with Gasteiger partial charge in [0.1, 0.15) is 5.75 Å². The van der Waals surface area contributed by atoms with E-state index in [0.29, 0.717) is 17.7 Å². The highest BCUT2D eigenvalue weighted by atomic mass is 31.2. The Morgan fingerprint density at radius 1 is 1.21 bits per heavy atom. The van der Waals surface area contributed by atoms with Gasteiger partial charge in [-0.15, -0.1) is 0 Å². The van der Waals surface area contributed by atoms with Crippen molar-refractivity contribution in [2.45, 2.75) is 83.3 Å². The van der Waals surface area contributed by atoms with Crippen molar-refractivity contribution >= 4 is 13.7 Å². The zero-order valence-electron chi connectivity index (χ0n) is 17.2. The Morgan fingerprint density at radius 2 is 1.93 bits per heavy atom. The molecule has 0 aromatic heterocycles. The number of phosphoric ester groups is 1. The van der Waals surface area contributed by atoms with Gasteiger partial charge in [-0.3, -0.25) is 9.32 Å². The van der Waals surface area contributed by atoms with E-state index in [2.05, 4.69) is 16.8 Å². The summed E-state index contributed by atoms with van der Waals surface area (Å²) in [5.41, 5.74) is 0.702. The van der Waals surface area contributed by atoms with Crippen LogP contribution in [-0.4, -0.2) is 28.4 Å². The normalized spacial score (nSPS) is 16.0. The lowest BCUT2D eigenvalue weighted by molar-refractivity contribution is -0.122. The average molecular weight is 427 g/mol. The monoisotopic (exact) mass is 427 g/mol. The summed E-state index contributed by atoms with van der Waals surface area (Å²) in [7, 11) is -4.64. The van der Waals surface area contributed by atoms with E-state index in [4.69, 9.17) is 14.5 Å². The third-order valence-corrected chi connectivity index (χ3v) is 5.60. The highest BCUT2D eigenvalue weighted by molar-refractivity contribution is 7.46. The maximum Gasteiger partial charge on any atom is 0.469 e. The second-order valence-corrected chi connectivity index (χ2v) is 8.91. The minimum Gasteiger partial charge on any atom is -0.490 e.